The fourth-order valence-corrected chi connectivity index (χ4v) is 3.36. The van der Waals surface area contributed by atoms with Crippen LogP contribution in [0.4, 0.5) is 0 Å². The Kier molecular flexibility index (Phi) is 4.31. The molecule has 0 radical (unpaired) electrons. The molecule has 0 spiro atoms. The van der Waals surface area contributed by atoms with Crippen LogP contribution in [0.15, 0.2) is 26.0 Å². The molecule has 1 N–H and O–H groups in total. The van der Waals surface area contributed by atoms with E-state index in [0.717, 1.165) is 14.5 Å². The second kappa shape index (κ2) is 5.40. The molecular formula is C10H4Br2ClNOS2. The number of hydrogen-bond acceptors (Lipinski definition) is 3. The van der Waals surface area contributed by atoms with E-state index in [4.69, 9.17) is 23.8 Å². The van der Waals surface area contributed by atoms with Gasteiger partial charge in [-0.25, -0.2) is 0 Å². The minimum absolute atomic E-state index is 0.169. The van der Waals surface area contributed by atoms with Gasteiger partial charge in [-0.3, -0.25) is 4.79 Å². The first-order chi connectivity index (χ1) is 7.97. The molecule has 1 fully saturated rings. The Hall–Kier alpha value is 0.120. The van der Waals surface area contributed by atoms with E-state index in [1.54, 1.807) is 12.1 Å². The first-order valence-corrected chi connectivity index (χ1v) is 7.55. The highest BCUT2D eigenvalue weighted by atomic mass is 79.9. The summed E-state index contributed by atoms with van der Waals surface area (Å²) in [7, 11) is 0. The molecule has 7 heteroatoms. The van der Waals surface area contributed by atoms with Gasteiger partial charge in [0.25, 0.3) is 5.91 Å². The van der Waals surface area contributed by atoms with Gasteiger partial charge in [0, 0.05) is 8.95 Å². The molecule has 1 aliphatic rings. The molecule has 0 atom stereocenters. The third kappa shape index (κ3) is 3.12. The maximum atomic E-state index is 11.5. The van der Waals surface area contributed by atoms with Crippen LogP contribution >= 0.6 is 67.4 Å². The number of hydrogen-bond donors (Lipinski definition) is 1. The lowest BCUT2D eigenvalue weighted by Gasteiger charge is -2.02. The summed E-state index contributed by atoms with van der Waals surface area (Å²) >= 11 is 18.9. The van der Waals surface area contributed by atoms with E-state index < -0.39 is 0 Å². The molecule has 1 aromatic carbocycles. The molecule has 2 nitrogen and oxygen atoms in total. The van der Waals surface area contributed by atoms with E-state index >= 15 is 0 Å². The highest BCUT2D eigenvalue weighted by Crippen LogP contribution is 2.33. The summed E-state index contributed by atoms with van der Waals surface area (Å²) < 4.78 is 2.08. The van der Waals surface area contributed by atoms with Gasteiger partial charge in [-0.05, 0) is 39.7 Å². The first-order valence-electron chi connectivity index (χ1n) is 4.37. The van der Waals surface area contributed by atoms with Crippen molar-refractivity contribution < 1.29 is 4.79 Å². The van der Waals surface area contributed by atoms with E-state index in [9.17, 15) is 4.79 Å². The number of halogens is 3. The van der Waals surface area contributed by atoms with Crippen molar-refractivity contribution in [3.63, 3.8) is 0 Å². The molecule has 0 aliphatic carbocycles. The summed E-state index contributed by atoms with van der Waals surface area (Å²) in [6.07, 6.45) is 1.77. The van der Waals surface area contributed by atoms with E-state index in [2.05, 4.69) is 37.2 Å². The van der Waals surface area contributed by atoms with Crippen LogP contribution in [0, 0.1) is 0 Å². The molecule has 0 aromatic heterocycles. The minimum Gasteiger partial charge on any atom is -0.307 e. The number of carbonyl (C=O) groups is 1. The Morgan fingerprint density at radius 3 is 2.65 bits per heavy atom. The van der Waals surface area contributed by atoms with Crippen molar-refractivity contribution in [1.29, 1.82) is 0 Å². The molecule has 1 amide bonds. The molecule has 1 aromatic rings. The van der Waals surface area contributed by atoms with Crippen LogP contribution in [0.25, 0.3) is 6.08 Å². The van der Waals surface area contributed by atoms with E-state index in [1.807, 2.05) is 6.07 Å². The van der Waals surface area contributed by atoms with E-state index in [-0.39, 0.29) is 5.91 Å². The van der Waals surface area contributed by atoms with Crippen molar-refractivity contribution in [2.45, 2.75) is 0 Å². The van der Waals surface area contributed by atoms with Crippen LogP contribution in [0.3, 0.4) is 0 Å². The Labute approximate surface area is 129 Å². The smallest absolute Gasteiger partial charge is 0.263 e. The monoisotopic (exact) mass is 411 g/mol. The number of nitrogens with one attached hydrogen (secondary N) is 1. The lowest BCUT2D eigenvalue weighted by molar-refractivity contribution is -0.115. The predicted molar refractivity (Wildman–Crippen MR) is 83.2 cm³/mol. The Bertz CT molecular complexity index is 559. The van der Waals surface area contributed by atoms with Gasteiger partial charge >= 0.3 is 0 Å². The topological polar surface area (TPSA) is 29.1 Å². The van der Waals surface area contributed by atoms with Gasteiger partial charge in [-0.15, -0.1) is 0 Å². The summed E-state index contributed by atoms with van der Waals surface area (Å²) in [4.78, 5) is 12.1. The average Bonchev–Trinajstić information content (AvgIpc) is 2.54. The molecule has 1 heterocycles. The van der Waals surface area contributed by atoms with Gasteiger partial charge in [0.05, 0.1) is 9.93 Å². The summed E-state index contributed by atoms with van der Waals surface area (Å²) in [5.74, 6) is -0.169. The van der Waals surface area contributed by atoms with Crippen LogP contribution in [-0.4, -0.2) is 10.2 Å². The van der Waals surface area contributed by atoms with Crippen molar-refractivity contribution >= 4 is 83.7 Å². The maximum absolute atomic E-state index is 11.5. The zero-order valence-corrected chi connectivity index (χ0v) is 13.7. The molecule has 88 valence electrons. The summed E-state index contributed by atoms with van der Waals surface area (Å²) in [6.45, 7) is 0. The summed E-state index contributed by atoms with van der Waals surface area (Å²) in [5.41, 5.74) is 0.864. The van der Waals surface area contributed by atoms with E-state index in [1.165, 1.54) is 11.8 Å². The Balaban J connectivity index is 2.42. The van der Waals surface area contributed by atoms with Gasteiger partial charge < -0.3 is 5.32 Å². The lowest BCUT2D eigenvalue weighted by atomic mass is 10.2. The fraction of sp³-hybridized carbons (Fsp3) is 0. The van der Waals surface area contributed by atoms with Crippen LogP contribution in [0.1, 0.15) is 5.56 Å². The number of carbonyl (C=O) groups excluding carboxylic acids is 1. The molecule has 0 saturated carbocycles. The third-order valence-electron chi connectivity index (χ3n) is 1.97. The van der Waals surface area contributed by atoms with Crippen molar-refractivity contribution in [1.82, 2.24) is 5.32 Å². The SMILES string of the molecule is O=C1NC(=S)S/C1=C\c1cc(Br)c(Cl)cc1Br. The number of benzene rings is 1. The number of rotatable bonds is 1. The number of thiocarbonyl (C=S) groups is 1. The molecule has 0 unspecified atom stereocenters. The van der Waals surface area contributed by atoms with Gasteiger partial charge in [0.2, 0.25) is 0 Å². The molecule has 1 aliphatic heterocycles. The van der Waals surface area contributed by atoms with Gasteiger partial charge in [-0.1, -0.05) is 51.5 Å². The highest BCUT2D eigenvalue weighted by Gasteiger charge is 2.22. The lowest BCUT2D eigenvalue weighted by Crippen LogP contribution is -2.17. The Morgan fingerprint density at radius 2 is 2.06 bits per heavy atom. The molecular weight excluding hydrogens is 410 g/mol. The molecule has 1 saturated heterocycles. The molecule has 0 bridgehead atoms. The second-order valence-corrected chi connectivity index (χ2v) is 6.97. The van der Waals surface area contributed by atoms with Crippen LogP contribution in [-0.2, 0) is 4.79 Å². The maximum Gasteiger partial charge on any atom is 0.263 e. The van der Waals surface area contributed by atoms with Crippen molar-refractivity contribution in [3.05, 3.63) is 36.6 Å². The van der Waals surface area contributed by atoms with Crippen molar-refractivity contribution in [2.24, 2.45) is 0 Å². The van der Waals surface area contributed by atoms with Crippen molar-refractivity contribution in [3.8, 4) is 0 Å². The van der Waals surface area contributed by atoms with Gasteiger partial charge in [0.15, 0.2) is 0 Å². The fourth-order valence-electron chi connectivity index (χ4n) is 1.21. The standard InChI is InChI=1S/C10H4Br2ClNOS2/c11-5-3-7(13)6(12)1-4(5)2-8-9(15)14-10(16)17-8/h1-3H,(H,14,15,16)/b8-2-. The summed E-state index contributed by atoms with van der Waals surface area (Å²) in [6, 6.07) is 3.61. The quantitative estimate of drug-likeness (QED) is 0.422. The number of thioether (sulfide) groups is 1. The average molecular weight is 414 g/mol. The molecule has 2 rings (SSSR count). The van der Waals surface area contributed by atoms with Gasteiger partial charge in [-0.2, -0.15) is 0 Å². The van der Waals surface area contributed by atoms with Crippen LogP contribution in [0.5, 0.6) is 0 Å². The molecule has 17 heavy (non-hydrogen) atoms. The van der Waals surface area contributed by atoms with Crippen LogP contribution in [0.2, 0.25) is 5.02 Å². The zero-order chi connectivity index (χ0) is 12.6. The second-order valence-electron chi connectivity index (χ2n) is 3.14. The first kappa shape index (κ1) is 13.5. The third-order valence-corrected chi connectivity index (χ3v) is 5.01. The Morgan fingerprint density at radius 1 is 1.35 bits per heavy atom. The van der Waals surface area contributed by atoms with Gasteiger partial charge in [0.1, 0.15) is 4.32 Å². The largest absolute Gasteiger partial charge is 0.307 e. The number of amides is 1. The predicted octanol–water partition coefficient (Wildman–Crippen LogP) is 4.35. The summed E-state index contributed by atoms with van der Waals surface area (Å²) in [5, 5.41) is 3.18. The zero-order valence-electron chi connectivity index (χ0n) is 8.09. The van der Waals surface area contributed by atoms with E-state index in [0.29, 0.717) is 14.2 Å². The minimum atomic E-state index is -0.169. The highest BCUT2D eigenvalue weighted by molar-refractivity contribution is 9.11. The van der Waals surface area contributed by atoms with Crippen LogP contribution < -0.4 is 5.32 Å². The van der Waals surface area contributed by atoms with Crippen molar-refractivity contribution in [2.75, 3.05) is 0 Å². The normalized spacial score (nSPS) is 17.7.